The summed E-state index contributed by atoms with van der Waals surface area (Å²) >= 11 is 0. The van der Waals surface area contributed by atoms with E-state index in [1.54, 1.807) is 24.3 Å². The molecular formula is C25H28FN7O3. The minimum Gasteiger partial charge on any atom is -0.493 e. The van der Waals surface area contributed by atoms with Crippen LogP contribution in [0.5, 0.6) is 5.75 Å². The average molecular weight is 494 g/mol. The molecule has 1 aliphatic carbocycles. The van der Waals surface area contributed by atoms with Crippen LogP contribution in [0.25, 0.3) is 28.2 Å². The van der Waals surface area contributed by atoms with E-state index in [2.05, 4.69) is 32.5 Å². The summed E-state index contributed by atoms with van der Waals surface area (Å²) in [6.07, 6.45) is 8.42. The summed E-state index contributed by atoms with van der Waals surface area (Å²) in [5.74, 6) is 0.500. The minimum atomic E-state index is -0.668. The largest absolute Gasteiger partial charge is 0.493 e. The molecule has 36 heavy (non-hydrogen) atoms. The quantitative estimate of drug-likeness (QED) is 0.307. The van der Waals surface area contributed by atoms with E-state index in [1.807, 2.05) is 10.9 Å². The van der Waals surface area contributed by atoms with Gasteiger partial charge in [-0.15, -0.1) is 0 Å². The van der Waals surface area contributed by atoms with Crippen LogP contribution in [0.1, 0.15) is 45.4 Å². The molecule has 0 aliphatic heterocycles. The zero-order valence-electron chi connectivity index (χ0n) is 20.0. The zero-order valence-corrected chi connectivity index (χ0v) is 20.0. The molecule has 0 amide bonds. The van der Waals surface area contributed by atoms with Crippen molar-refractivity contribution in [3.63, 3.8) is 0 Å². The maximum Gasteiger partial charge on any atom is 0.366 e. The molecule has 5 rings (SSSR count). The summed E-state index contributed by atoms with van der Waals surface area (Å²) in [4.78, 5) is 28.1. The van der Waals surface area contributed by atoms with Crippen LogP contribution in [-0.4, -0.2) is 41.6 Å². The number of aromatic nitrogens is 7. The highest BCUT2D eigenvalue weighted by Crippen LogP contribution is 2.32. The Bertz CT molecular complexity index is 1460. The fourth-order valence-corrected chi connectivity index (χ4v) is 4.14. The van der Waals surface area contributed by atoms with E-state index in [4.69, 9.17) is 4.74 Å². The van der Waals surface area contributed by atoms with Gasteiger partial charge < -0.3 is 9.72 Å². The van der Waals surface area contributed by atoms with Crippen LogP contribution in [0, 0.1) is 11.7 Å². The van der Waals surface area contributed by atoms with Gasteiger partial charge in [-0.25, -0.2) is 14.3 Å². The van der Waals surface area contributed by atoms with Gasteiger partial charge in [0.25, 0.3) is 5.56 Å². The molecule has 1 aromatic carbocycles. The maximum atomic E-state index is 15.1. The second kappa shape index (κ2) is 10.3. The molecule has 0 radical (unpaired) electrons. The van der Waals surface area contributed by atoms with E-state index >= 15 is 4.39 Å². The van der Waals surface area contributed by atoms with Crippen molar-refractivity contribution in [1.29, 1.82) is 0 Å². The SMILES string of the molecule is CCCCCCOc1ccc(-c2cc(-c3ccn(CC4CC4)n3)c(-n3nn[nH]c3=O)c(=O)[nH]2)c(F)c1. The minimum absolute atomic E-state index is 0.0402. The molecule has 3 aromatic heterocycles. The van der Waals surface area contributed by atoms with Crippen LogP contribution in [0.2, 0.25) is 0 Å². The molecule has 4 aromatic rings. The molecule has 10 nitrogen and oxygen atoms in total. The number of nitrogens with zero attached hydrogens (tertiary/aromatic N) is 5. The number of benzene rings is 1. The number of halogens is 1. The Morgan fingerprint density at radius 3 is 2.69 bits per heavy atom. The number of rotatable bonds is 11. The fourth-order valence-electron chi connectivity index (χ4n) is 4.14. The number of ether oxygens (including phenoxy) is 1. The lowest BCUT2D eigenvalue weighted by atomic mass is 10.1. The topological polar surface area (TPSA) is 123 Å². The molecule has 1 aliphatic rings. The molecule has 0 atom stereocenters. The van der Waals surface area contributed by atoms with E-state index in [0.29, 0.717) is 29.5 Å². The second-order valence-electron chi connectivity index (χ2n) is 9.11. The van der Waals surface area contributed by atoms with Crippen molar-refractivity contribution in [2.75, 3.05) is 6.61 Å². The molecule has 1 fully saturated rings. The van der Waals surface area contributed by atoms with Gasteiger partial charge in [0, 0.05) is 29.9 Å². The third-order valence-corrected chi connectivity index (χ3v) is 6.25. The van der Waals surface area contributed by atoms with Crippen molar-refractivity contribution in [3.05, 3.63) is 63.2 Å². The number of aromatic amines is 2. The number of tetrazole rings is 1. The van der Waals surface area contributed by atoms with Crippen LogP contribution in [-0.2, 0) is 6.54 Å². The van der Waals surface area contributed by atoms with Crippen molar-refractivity contribution in [2.24, 2.45) is 5.92 Å². The molecule has 11 heteroatoms. The number of pyridine rings is 1. The normalized spacial score (nSPS) is 13.3. The third-order valence-electron chi connectivity index (χ3n) is 6.25. The molecule has 3 heterocycles. The number of unbranched alkanes of at least 4 members (excludes halogenated alkanes) is 3. The van der Waals surface area contributed by atoms with Gasteiger partial charge in [0.05, 0.1) is 18.0 Å². The average Bonchev–Trinajstić information content (AvgIpc) is 3.38. The van der Waals surface area contributed by atoms with Gasteiger partial charge in [-0.05, 0) is 59.9 Å². The van der Waals surface area contributed by atoms with Crippen molar-refractivity contribution in [2.45, 2.75) is 52.0 Å². The predicted octanol–water partition coefficient (Wildman–Crippen LogP) is 3.68. The lowest BCUT2D eigenvalue weighted by Crippen LogP contribution is -2.25. The van der Waals surface area contributed by atoms with Crippen LogP contribution < -0.4 is 16.0 Å². The van der Waals surface area contributed by atoms with Crippen molar-refractivity contribution < 1.29 is 9.13 Å². The number of hydrogen-bond donors (Lipinski definition) is 2. The summed E-state index contributed by atoms with van der Waals surface area (Å²) in [5, 5.41) is 14.0. The Morgan fingerprint density at radius 1 is 1.11 bits per heavy atom. The monoisotopic (exact) mass is 493 g/mol. The number of nitrogens with one attached hydrogen (secondary N) is 2. The molecule has 0 spiro atoms. The van der Waals surface area contributed by atoms with Gasteiger partial charge >= 0.3 is 5.69 Å². The Balaban J connectivity index is 1.50. The Hall–Kier alpha value is -4.02. The van der Waals surface area contributed by atoms with Crippen LogP contribution in [0.15, 0.2) is 46.1 Å². The standard InChI is InChI=1S/C25H28FN7O3/c1-2-3-4-5-12-36-17-8-9-18(20(26)13-17)22-14-19(21-10-11-32(29-21)15-16-6-7-16)23(24(34)27-22)33-25(35)28-30-31-33/h8-11,13-14,16H,2-7,12,15H2,1H3,(H,27,34)(H,28,31,35). The van der Waals surface area contributed by atoms with Gasteiger partial charge in [-0.2, -0.15) is 9.78 Å². The smallest absolute Gasteiger partial charge is 0.366 e. The highest BCUT2D eigenvalue weighted by molar-refractivity contribution is 5.75. The Morgan fingerprint density at radius 2 is 1.97 bits per heavy atom. The molecule has 0 bridgehead atoms. The Kier molecular flexibility index (Phi) is 6.79. The lowest BCUT2D eigenvalue weighted by Gasteiger charge is -2.11. The van der Waals surface area contributed by atoms with Crippen LogP contribution in [0.3, 0.4) is 0 Å². The van der Waals surface area contributed by atoms with Crippen molar-refractivity contribution in [3.8, 4) is 34.0 Å². The highest BCUT2D eigenvalue weighted by atomic mass is 19.1. The zero-order chi connectivity index (χ0) is 25.1. The van der Waals surface area contributed by atoms with Gasteiger partial charge in [-0.1, -0.05) is 26.2 Å². The van der Waals surface area contributed by atoms with Gasteiger partial charge in [0.2, 0.25) is 0 Å². The second-order valence-corrected chi connectivity index (χ2v) is 9.11. The van der Waals surface area contributed by atoms with E-state index < -0.39 is 17.1 Å². The first-order valence-electron chi connectivity index (χ1n) is 12.3. The molecule has 2 N–H and O–H groups in total. The summed E-state index contributed by atoms with van der Waals surface area (Å²) in [7, 11) is 0. The van der Waals surface area contributed by atoms with E-state index in [0.717, 1.165) is 36.9 Å². The van der Waals surface area contributed by atoms with Gasteiger partial charge in [-0.3, -0.25) is 9.48 Å². The van der Waals surface area contributed by atoms with E-state index in [1.165, 1.54) is 18.9 Å². The molecule has 0 saturated heterocycles. The van der Waals surface area contributed by atoms with Gasteiger partial charge in [0.1, 0.15) is 17.3 Å². The molecule has 188 valence electrons. The number of H-pyrrole nitrogens is 2. The van der Waals surface area contributed by atoms with Crippen molar-refractivity contribution >= 4 is 0 Å². The lowest BCUT2D eigenvalue weighted by molar-refractivity contribution is 0.303. The summed E-state index contributed by atoms with van der Waals surface area (Å²) in [6, 6.07) is 7.93. The maximum absolute atomic E-state index is 15.1. The summed E-state index contributed by atoms with van der Waals surface area (Å²) in [6.45, 7) is 3.44. The van der Waals surface area contributed by atoms with Crippen LogP contribution in [0.4, 0.5) is 4.39 Å². The van der Waals surface area contributed by atoms with E-state index in [9.17, 15) is 9.59 Å². The highest BCUT2D eigenvalue weighted by Gasteiger charge is 2.24. The first-order valence-corrected chi connectivity index (χ1v) is 12.3. The first-order chi connectivity index (χ1) is 17.5. The number of hydrogen-bond acceptors (Lipinski definition) is 6. The van der Waals surface area contributed by atoms with Crippen LogP contribution >= 0.6 is 0 Å². The molecule has 0 unspecified atom stereocenters. The Labute approximate surface area is 206 Å². The molecule has 1 saturated carbocycles. The van der Waals surface area contributed by atoms with E-state index in [-0.39, 0.29) is 16.9 Å². The predicted molar refractivity (Wildman–Crippen MR) is 132 cm³/mol. The first kappa shape index (κ1) is 23.7. The fraction of sp³-hybridized carbons (Fsp3) is 0.400. The van der Waals surface area contributed by atoms with Crippen molar-refractivity contribution in [1.82, 2.24) is 35.0 Å². The summed E-state index contributed by atoms with van der Waals surface area (Å²) in [5.41, 5.74) is -0.0662. The molecular weight excluding hydrogens is 465 g/mol. The van der Waals surface area contributed by atoms with Gasteiger partial charge in [0.15, 0.2) is 0 Å². The third kappa shape index (κ3) is 5.14. The summed E-state index contributed by atoms with van der Waals surface area (Å²) < 4.78 is 23.5.